The molecule has 2 aromatic carbocycles. The molecule has 2 N–H and O–H groups in total. The number of nitrogens with zero attached hydrogens (tertiary/aromatic N) is 1. The van der Waals surface area contributed by atoms with E-state index in [1.165, 1.54) is 7.11 Å². The minimum absolute atomic E-state index is 0.370. The number of carbonyl (C=O) groups excluding carboxylic acids is 1. The summed E-state index contributed by atoms with van der Waals surface area (Å²) in [4.78, 5) is 16.5. The van der Waals surface area contributed by atoms with E-state index in [1.807, 2.05) is 43.3 Å². The molecule has 0 aliphatic carbocycles. The zero-order chi connectivity index (χ0) is 21.2. The first-order chi connectivity index (χ1) is 13.8. The fourth-order valence-corrected chi connectivity index (χ4v) is 3.11. The van der Waals surface area contributed by atoms with Gasteiger partial charge in [0, 0.05) is 11.1 Å². The van der Waals surface area contributed by atoms with Crippen molar-refractivity contribution in [2.45, 2.75) is 26.4 Å². The second-order valence-electron chi connectivity index (χ2n) is 7.23. The molecule has 0 aliphatic rings. The SMILES string of the molecule is C=C(c1ccc(OC)c(OC(C)(C)C(=O)NO)c1)c1cc(C)nc2ccccc12. The Morgan fingerprint density at radius 1 is 1.14 bits per heavy atom. The Bertz CT molecular complexity index is 1090. The molecule has 1 heterocycles. The van der Waals surface area contributed by atoms with Crippen LogP contribution in [-0.2, 0) is 4.79 Å². The highest BCUT2D eigenvalue weighted by Crippen LogP contribution is 2.36. The molecule has 0 aliphatic heterocycles. The smallest absolute Gasteiger partial charge is 0.286 e. The summed E-state index contributed by atoms with van der Waals surface area (Å²) in [6.45, 7) is 9.34. The van der Waals surface area contributed by atoms with Crippen LogP contribution in [0.1, 0.15) is 30.7 Å². The molecule has 0 atom stereocenters. The van der Waals surface area contributed by atoms with E-state index >= 15 is 0 Å². The van der Waals surface area contributed by atoms with E-state index in [2.05, 4.69) is 11.6 Å². The van der Waals surface area contributed by atoms with Crippen LogP contribution in [0.4, 0.5) is 0 Å². The molecule has 0 saturated heterocycles. The van der Waals surface area contributed by atoms with E-state index in [4.69, 9.17) is 14.7 Å². The highest BCUT2D eigenvalue weighted by Gasteiger charge is 2.31. The molecule has 1 amide bonds. The molecule has 0 fully saturated rings. The Kier molecular flexibility index (Phi) is 5.57. The quantitative estimate of drug-likeness (QED) is 0.484. The van der Waals surface area contributed by atoms with Crippen LogP contribution in [0.2, 0.25) is 0 Å². The topological polar surface area (TPSA) is 80.7 Å². The van der Waals surface area contributed by atoms with Crippen LogP contribution in [-0.4, -0.2) is 28.8 Å². The van der Waals surface area contributed by atoms with Gasteiger partial charge in [-0.25, -0.2) is 5.48 Å². The maximum Gasteiger partial charge on any atom is 0.286 e. The van der Waals surface area contributed by atoms with Gasteiger partial charge in [-0.2, -0.15) is 0 Å². The summed E-state index contributed by atoms with van der Waals surface area (Å²) in [5.41, 5.74) is 4.69. The maximum absolute atomic E-state index is 11.9. The van der Waals surface area contributed by atoms with Crippen LogP contribution in [0, 0.1) is 6.92 Å². The van der Waals surface area contributed by atoms with Gasteiger partial charge in [-0.15, -0.1) is 0 Å². The lowest BCUT2D eigenvalue weighted by Gasteiger charge is -2.25. The first-order valence-corrected chi connectivity index (χ1v) is 9.14. The molecule has 0 bridgehead atoms. The lowest BCUT2D eigenvalue weighted by Crippen LogP contribution is -2.45. The largest absolute Gasteiger partial charge is 0.493 e. The third-order valence-electron chi connectivity index (χ3n) is 4.69. The van der Waals surface area contributed by atoms with Crippen molar-refractivity contribution in [2.75, 3.05) is 7.11 Å². The number of benzene rings is 2. The second-order valence-corrected chi connectivity index (χ2v) is 7.23. The molecule has 0 saturated carbocycles. The molecule has 3 rings (SSSR count). The van der Waals surface area contributed by atoms with E-state index in [9.17, 15) is 4.79 Å². The zero-order valence-electron chi connectivity index (χ0n) is 16.9. The van der Waals surface area contributed by atoms with Crippen molar-refractivity contribution in [1.82, 2.24) is 10.5 Å². The van der Waals surface area contributed by atoms with Crippen LogP contribution < -0.4 is 15.0 Å². The van der Waals surface area contributed by atoms with Gasteiger partial charge in [-0.05, 0) is 61.7 Å². The molecule has 150 valence electrons. The number of hydrogen-bond donors (Lipinski definition) is 2. The average molecular weight is 392 g/mol. The van der Waals surface area contributed by atoms with Crippen LogP contribution in [0.5, 0.6) is 11.5 Å². The Hall–Kier alpha value is -3.38. The van der Waals surface area contributed by atoms with Crippen molar-refractivity contribution in [3.8, 4) is 11.5 Å². The fraction of sp³-hybridized carbons (Fsp3) is 0.217. The Balaban J connectivity index is 2.06. The van der Waals surface area contributed by atoms with Crippen molar-refractivity contribution < 1.29 is 19.5 Å². The summed E-state index contributed by atoms with van der Waals surface area (Å²) in [5.74, 6) is 0.172. The number of para-hydroxylation sites is 1. The highest BCUT2D eigenvalue weighted by atomic mass is 16.5. The van der Waals surface area contributed by atoms with E-state index in [0.29, 0.717) is 11.5 Å². The van der Waals surface area contributed by atoms with Crippen molar-refractivity contribution >= 4 is 22.4 Å². The predicted octanol–water partition coefficient (Wildman–Crippen LogP) is 4.28. The number of hydrogen-bond acceptors (Lipinski definition) is 5. The molecule has 0 spiro atoms. The maximum atomic E-state index is 11.9. The Morgan fingerprint density at radius 3 is 2.55 bits per heavy atom. The third-order valence-corrected chi connectivity index (χ3v) is 4.69. The van der Waals surface area contributed by atoms with Gasteiger partial charge in [0.1, 0.15) is 0 Å². The van der Waals surface area contributed by atoms with E-state index < -0.39 is 11.5 Å². The minimum atomic E-state index is -1.30. The van der Waals surface area contributed by atoms with Gasteiger partial charge >= 0.3 is 0 Å². The van der Waals surface area contributed by atoms with Crippen molar-refractivity contribution in [3.05, 3.63) is 71.9 Å². The van der Waals surface area contributed by atoms with Gasteiger partial charge in [0.05, 0.1) is 12.6 Å². The second kappa shape index (κ2) is 7.93. The lowest BCUT2D eigenvalue weighted by atomic mass is 9.95. The summed E-state index contributed by atoms with van der Waals surface area (Å²) in [6, 6.07) is 15.3. The number of amides is 1. The van der Waals surface area contributed by atoms with E-state index in [1.54, 1.807) is 31.5 Å². The number of aryl methyl sites for hydroxylation is 1. The number of nitrogens with one attached hydrogen (secondary N) is 1. The fourth-order valence-electron chi connectivity index (χ4n) is 3.11. The van der Waals surface area contributed by atoms with E-state index in [-0.39, 0.29) is 0 Å². The summed E-state index contributed by atoms with van der Waals surface area (Å²) in [6.07, 6.45) is 0. The Labute approximate surface area is 169 Å². The number of carbonyl (C=O) groups is 1. The van der Waals surface area contributed by atoms with Gasteiger partial charge in [0.2, 0.25) is 0 Å². The molecule has 0 unspecified atom stereocenters. The van der Waals surface area contributed by atoms with Crippen LogP contribution >= 0.6 is 0 Å². The van der Waals surface area contributed by atoms with Gasteiger partial charge < -0.3 is 9.47 Å². The lowest BCUT2D eigenvalue weighted by molar-refractivity contribution is -0.143. The number of aromatic nitrogens is 1. The summed E-state index contributed by atoms with van der Waals surface area (Å²) in [7, 11) is 1.52. The van der Waals surface area contributed by atoms with Crippen molar-refractivity contribution in [1.29, 1.82) is 0 Å². The normalized spacial score (nSPS) is 11.2. The van der Waals surface area contributed by atoms with Gasteiger partial charge in [0.15, 0.2) is 17.1 Å². The van der Waals surface area contributed by atoms with Gasteiger partial charge in [-0.1, -0.05) is 30.8 Å². The average Bonchev–Trinajstić information content (AvgIpc) is 2.71. The molecule has 0 radical (unpaired) electrons. The van der Waals surface area contributed by atoms with Gasteiger partial charge in [-0.3, -0.25) is 15.0 Å². The molecular weight excluding hydrogens is 368 g/mol. The zero-order valence-corrected chi connectivity index (χ0v) is 16.9. The summed E-state index contributed by atoms with van der Waals surface area (Å²) < 4.78 is 11.2. The molecule has 6 heteroatoms. The standard InChI is InChI=1S/C23H24N2O4/c1-14-12-18(17-8-6-7-9-19(17)24-14)15(2)16-10-11-20(28-5)21(13-16)29-23(3,4)22(26)25-27/h6-13,27H,2H2,1,3-5H3,(H,25,26). The first-order valence-electron chi connectivity index (χ1n) is 9.14. The number of methoxy groups -OCH3 is 1. The van der Waals surface area contributed by atoms with Crippen LogP contribution in [0.25, 0.3) is 16.5 Å². The molecule has 6 nitrogen and oxygen atoms in total. The number of fused-ring (bicyclic) bond motifs is 1. The number of hydroxylamine groups is 1. The predicted molar refractivity (Wildman–Crippen MR) is 112 cm³/mol. The highest BCUT2D eigenvalue weighted by molar-refractivity contribution is 5.95. The monoisotopic (exact) mass is 392 g/mol. The third kappa shape index (κ3) is 4.07. The summed E-state index contributed by atoms with van der Waals surface area (Å²) in [5, 5.41) is 9.96. The number of rotatable bonds is 6. The van der Waals surface area contributed by atoms with Gasteiger partial charge in [0.25, 0.3) is 5.91 Å². The Morgan fingerprint density at radius 2 is 1.86 bits per heavy atom. The first kappa shape index (κ1) is 20.4. The molecular formula is C23H24N2O4. The number of ether oxygens (including phenoxy) is 2. The molecule has 1 aromatic heterocycles. The minimum Gasteiger partial charge on any atom is -0.493 e. The molecule has 29 heavy (non-hydrogen) atoms. The molecule has 3 aromatic rings. The number of pyridine rings is 1. The summed E-state index contributed by atoms with van der Waals surface area (Å²) >= 11 is 0. The van der Waals surface area contributed by atoms with Crippen LogP contribution in [0.15, 0.2) is 55.1 Å². The van der Waals surface area contributed by atoms with Crippen molar-refractivity contribution in [2.24, 2.45) is 0 Å². The van der Waals surface area contributed by atoms with E-state index in [0.717, 1.165) is 33.3 Å². The van der Waals surface area contributed by atoms with Crippen molar-refractivity contribution in [3.63, 3.8) is 0 Å². The van der Waals surface area contributed by atoms with Crippen LogP contribution in [0.3, 0.4) is 0 Å².